The third-order valence-corrected chi connectivity index (χ3v) is 3.45. The Hall–Kier alpha value is -0.570. The lowest BCUT2D eigenvalue weighted by Crippen LogP contribution is -2.48. The molecule has 17 heavy (non-hydrogen) atoms. The molecule has 1 aromatic carbocycles. The zero-order chi connectivity index (χ0) is 12.9. The van der Waals surface area contributed by atoms with Gasteiger partial charge in [0.15, 0.2) is 0 Å². The van der Waals surface area contributed by atoms with E-state index in [1.165, 1.54) is 0 Å². The lowest BCUT2D eigenvalue weighted by Gasteiger charge is -2.34. The van der Waals surface area contributed by atoms with Crippen LogP contribution in [0.5, 0.6) is 0 Å². The molecule has 0 radical (unpaired) electrons. The van der Waals surface area contributed by atoms with Gasteiger partial charge in [0.25, 0.3) is 0 Å². The highest BCUT2D eigenvalue weighted by atomic mass is 35.5. The van der Waals surface area contributed by atoms with Crippen LogP contribution in [0.3, 0.4) is 0 Å². The van der Waals surface area contributed by atoms with E-state index >= 15 is 0 Å². The standard InChI is InChI=1S/C14H22ClNO/c1-5-17-14(2,3)13(16-4)10-11-8-6-7-9-12(11)15/h6-9,13,16H,5,10H2,1-4H3. The Bertz CT molecular complexity index is 352. The highest BCUT2D eigenvalue weighted by Crippen LogP contribution is 2.22. The molecule has 3 heteroatoms. The molecule has 1 atom stereocenters. The van der Waals surface area contributed by atoms with Gasteiger partial charge in [0, 0.05) is 17.7 Å². The smallest absolute Gasteiger partial charge is 0.0781 e. The number of rotatable bonds is 6. The van der Waals surface area contributed by atoms with Crippen molar-refractivity contribution in [3.8, 4) is 0 Å². The largest absolute Gasteiger partial charge is 0.374 e. The van der Waals surface area contributed by atoms with Gasteiger partial charge in [0.2, 0.25) is 0 Å². The van der Waals surface area contributed by atoms with Crippen LogP contribution in [0, 0.1) is 0 Å². The maximum Gasteiger partial charge on any atom is 0.0781 e. The Morgan fingerprint density at radius 1 is 1.35 bits per heavy atom. The van der Waals surface area contributed by atoms with Gasteiger partial charge in [-0.2, -0.15) is 0 Å². The molecule has 0 aromatic heterocycles. The fourth-order valence-corrected chi connectivity index (χ4v) is 2.26. The molecule has 1 unspecified atom stereocenters. The molecule has 0 amide bonds. The highest BCUT2D eigenvalue weighted by molar-refractivity contribution is 6.31. The van der Waals surface area contributed by atoms with Crippen molar-refractivity contribution in [1.82, 2.24) is 5.32 Å². The van der Waals surface area contributed by atoms with Crippen molar-refractivity contribution in [3.63, 3.8) is 0 Å². The van der Waals surface area contributed by atoms with Crippen LogP contribution in [0.25, 0.3) is 0 Å². The SMILES string of the molecule is CCOC(C)(C)C(Cc1ccccc1Cl)NC. The van der Waals surface area contributed by atoms with Crippen molar-refractivity contribution in [2.45, 2.75) is 38.8 Å². The Labute approximate surface area is 109 Å². The summed E-state index contributed by atoms with van der Waals surface area (Å²) in [4.78, 5) is 0. The van der Waals surface area contributed by atoms with Crippen LogP contribution in [0.15, 0.2) is 24.3 Å². The molecular formula is C14H22ClNO. The van der Waals surface area contributed by atoms with Crippen LogP contribution in [0.2, 0.25) is 5.02 Å². The zero-order valence-electron chi connectivity index (χ0n) is 11.1. The first kappa shape index (κ1) is 14.5. The van der Waals surface area contributed by atoms with Crippen LogP contribution in [-0.4, -0.2) is 25.3 Å². The second-order valence-electron chi connectivity index (χ2n) is 4.67. The van der Waals surface area contributed by atoms with Gasteiger partial charge in [0.1, 0.15) is 0 Å². The van der Waals surface area contributed by atoms with Gasteiger partial charge in [-0.3, -0.25) is 0 Å². The van der Waals surface area contributed by atoms with Crippen molar-refractivity contribution in [2.75, 3.05) is 13.7 Å². The number of benzene rings is 1. The highest BCUT2D eigenvalue weighted by Gasteiger charge is 2.29. The monoisotopic (exact) mass is 255 g/mol. The second kappa shape index (κ2) is 6.39. The molecule has 0 bridgehead atoms. The quantitative estimate of drug-likeness (QED) is 0.842. The van der Waals surface area contributed by atoms with Gasteiger partial charge in [-0.1, -0.05) is 29.8 Å². The molecule has 2 nitrogen and oxygen atoms in total. The molecule has 0 aliphatic carbocycles. The number of hydrogen-bond acceptors (Lipinski definition) is 2. The summed E-state index contributed by atoms with van der Waals surface area (Å²) in [6.07, 6.45) is 0.864. The van der Waals surface area contributed by atoms with Gasteiger partial charge in [-0.15, -0.1) is 0 Å². The first-order valence-electron chi connectivity index (χ1n) is 6.06. The van der Waals surface area contributed by atoms with Crippen molar-refractivity contribution >= 4 is 11.6 Å². The summed E-state index contributed by atoms with van der Waals surface area (Å²) in [6.45, 7) is 6.95. The van der Waals surface area contributed by atoms with E-state index in [0.717, 1.165) is 17.0 Å². The minimum Gasteiger partial charge on any atom is -0.374 e. The average molecular weight is 256 g/mol. The van der Waals surface area contributed by atoms with Crippen molar-refractivity contribution < 1.29 is 4.74 Å². The molecule has 0 aliphatic rings. The van der Waals surface area contributed by atoms with E-state index in [0.29, 0.717) is 6.61 Å². The predicted octanol–water partition coefficient (Wildman–Crippen LogP) is 3.29. The first-order valence-corrected chi connectivity index (χ1v) is 6.43. The van der Waals surface area contributed by atoms with Crippen molar-refractivity contribution in [3.05, 3.63) is 34.9 Å². The molecule has 0 saturated carbocycles. The fourth-order valence-electron chi connectivity index (χ4n) is 2.05. The number of halogens is 1. The lowest BCUT2D eigenvalue weighted by atomic mass is 9.92. The maximum atomic E-state index is 6.18. The topological polar surface area (TPSA) is 21.3 Å². The molecule has 1 rings (SSSR count). The third-order valence-electron chi connectivity index (χ3n) is 3.09. The molecule has 0 aliphatic heterocycles. The van der Waals surface area contributed by atoms with Crippen molar-refractivity contribution in [1.29, 1.82) is 0 Å². The number of hydrogen-bond donors (Lipinski definition) is 1. The molecule has 0 heterocycles. The van der Waals surface area contributed by atoms with Gasteiger partial charge in [-0.05, 0) is 45.9 Å². The van der Waals surface area contributed by atoms with Crippen LogP contribution in [-0.2, 0) is 11.2 Å². The maximum absolute atomic E-state index is 6.18. The Kier molecular flexibility index (Phi) is 5.44. The summed E-state index contributed by atoms with van der Waals surface area (Å²) >= 11 is 6.18. The third kappa shape index (κ3) is 3.98. The molecular weight excluding hydrogens is 234 g/mol. The van der Waals surface area contributed by atoms with Gasteiger partial charge in [-0.25, -0.2) is 0 Å². The van der Waals surface area contributed by atoms with E-state index in [4.69, 9.17) is 16.3 Å². The molecule has 1 aromatic rings. The van der Waals surface area contributed by atoms with E-state index in [2.05, 4.69) is 25.2 Å². The van der Waals surface area contributed by atoms with E-state index in [1.54, 1.807) is 0 Å². The summed E-state index contributed by atoms with van der Waals surface area (Å²) < 4.78 is 5.79. The van der Waals surface area contributed by atoms with Crippen LogP contribution >= 0.6 is 11.6 Å². The Morgan fingerprint density at radius 2 is 2.00 bits per heavy atom. The van der Waals surface area contributed by atoms with E-state index < -0.39 is 0 Å². The van der Waals surface area contributed by atoms with E-state index in [9.17, 15) is 0 Å². The van der Waals surface area contributed by atoms with Crippen molar-refractivity contribution in [2.24, 2.45) is 0 Å². The van der Waals surface area contributed by atoms with Crippen LogP contribution in [0.1, 0.15) is 26.3 Å². The summed E-state index contributed by atoms with van der Waals surface area (Å²) in [5, 5.41) is 4.14. The predicted molar refractivity (Wildman–Crippen MR) is 73.7 cm³/mol. The summed E-state index contributed by atoms with van der Waals surface area (Å²) in [5.74, 6) is 0. The Morgan fingerprint density at radius 3 is 2.53 bits per heavy atom. The number of nitrogens with one attached hydrogen (secondary N) is 1. The first-order chi connectivity index (χ1) is 8.01. The van der Waals surface area contributed by atoms with Gasteiger partial charge < -0.3 is 10.1 Å². The molecule has 0 fully saturated rings. The van der Waals surface area contributed by atoms with Crippen LogP contribution < -0.4 is 5.32 Å². The fraction of sp³-hybridized carbons (Fsp3) is 0.571. The minimum absolute atomic E-state index is 0.206. The minimum atomic E-state index is -0.206. The van der Waals surface area contributed by atoms with E-state index in [1.807, 2.05) is 32.2 Å². The molecule has 0 saturated heterocycles. The van der Waals surface area contributed by atoms with Crippen LogP contribution in [0.4, 0.5) is 0 Å². The Balaban J connectivity index is 2.80. The zero-order valence-corrected chi connectivity index (χ0v) is 11.8. The number of ether oxygens (including phenoxy) is 1. The van der Waals surface area contributed by atoms with Gasteiger partial charge in [0.05, 0.1) is 5.60 Å². The summed E-state index contributed by atoms with van der Waals surface area (Å²) in [7, 11) is 1.96. The summed E-state index contributed by atoms with van der Waals surface area (Å²) in [6, 6.07) is 8.20. The molecule has 0 spiro atoms. The lowest BCUT2D eigenvalue weighted by molar-refractivity contribution is -0.0363. The molecule has 96 valence electrons. The van der Waals surface area contributed by atoms with E-state index in [-0.39, 0.29) is 11.6 Å². The van der Waals surface area contributed by atoms with Gasteiger partial charge >= 0.3 is 0 Å². The normalized spacial score (nSPS) is 13.7. The summed E-state index contributed by atoms with van der Waals surface area (Å²) in [5.41, 5.74) is 0.948. The number of likely N-dealkylation sites (N-methyl/N-ethyl adjacent to an activating group) is 1. The second-order valence-corrected chi connectivity index (χ2v) is 5.08. The molecule has 1 N–H and O–H groups in total. The average Bonchev–Trinajstić information content (AvgIpc) is 2.27.